The zero-order valence-corrected chi connectivity index (χ0v) is 10.7. The van der Waals surface area contributed by atoms with E-state index >= 15 is 0 Å². The summed E-state index contributed by atoms with van der Waals surface area (Å²) in [5.74, 6) is 1.88. The van der Waals surface area contributed by atoms with Crippen LogP contribution in [0.25, 0.3) is 0 Å². The fraction of sp³-hybridized carbons (Fsp3) is 0.583. The summed E-state index contributed by atoms with van der Waals surface area (Å²) in [6.07, 6.45) is 5.93. The molecular weight excluding hydrogens is 228 g/mol. The van der Waals surface area contributed by atoms with E-state index in [-0.39, 0.29) is 0 Å². The minimum Gasteiger partial charge on any atom is -0.370 e. The predicted octanol–water partition coefficient (Wildman–Crippen LogP) is 0.227. The lowest BCUT2D eigenvalue weighted by Crippen LogP contribution is -2.43. The van der Waals surface area contributed by atoms with Crippen molar-refractivity contribution < 1.29 is 0 Å². The van der Waals surface area contributed by atoms with Crippen molar-refractivity contribution in [2.45, 2.75) is 12.8 Å². The largest absolute Gasteiger partial charge is 0.370 e. The number of anilines is 1. The molecule has 1 aromatic heterocycles. The molecule has 18 heavy (non-hydrogen) atoms. The van der Waals surface area contributed by atoms with E-state index in [1.807, 2.05) is 6.07 Å². The standard InChI is InChI=1S/C12H20N6/c1-14-11(13)17-8-10-4-2-7-18(9-10)12-15-5-3-6-16-12/h3,5-6,10H,2,4,7-9H2,1H3,(H3,13,14,17). The fourth-order valence-corrected chi connectivity index (χ4v) is 2.20. The van der Waals surface area contributed by atoms with Gasteiger partial charge < -0.3 is 16.0 Å². The van der Waals surface area contributed by atoms with Crippen molar-refractivity contribution in [1.82, 2.24) is 15.3 Å². The molecule has 1 atom stereocenters. The van der Waals surface area contributed by atoms with Gasteiger partial charge >= 0.3 is 0 Å². The molecule has 6 nitrogen and oxygen atoms in total. The average Bonchev–Trinajstić information content (AvgIpc) is 2.46. The topological polar surface area (TPSA) is 79.4 Å². The first-order valence-corrected chi connectivity index (χ1v) is 6.27. The molecule has 0 amide bonds. The molecule has 0 radical (unpaired) electrons. The minimum absolute atomic E-state index is 0.503. The third-order valence-electron chi connectivity index (χ3n) is 3.17. The molecule has 0 aromatic carbocycles. The molecule has 0 spiro atoms. The van der Waals surface area contributed by atoms with Crippen LogP contribution in [0.5, 0.6) is 0 Å². The maximum Gasteiger partial charge on any atom is 0.225 e. The van der Waals surface area contributed by atoms with Gasteiger partial charge in [-0.05, 0) is 24.8 Å². The van der Waals surface area contributed by atoms with Crippen LogP contribution in [-0.4, -0.2) is 42.6 Å². The number of guanidine groups is 1. The van der Waals surface area contributed by atoms with Crippen LogP contribution >= 0.6 is 0 Å². The van der Waals surface area contributed by atoms with Crippen LogP contribution in [0.4, 0.5) is 5.95 Å². The normalized spacial score (nSPS) is 20.8. The van der Waals surface area contributed by atoms with Crippen molar-refractivity contribution in [2.75, 3.05) is 31.6 Å². The summed E-state index contributed by atoms with van der Waals surface area (Å²) in [6.45, 7) is 2.85. The Bertz CT molecular complexity index is 391. The van der Waals surface area contributed by atoms with E-state index in [4.69, 9.17) is 5.73 Å². The monoisotopic (exact) mass is 248 g/mol. The summed E-state index contributed by atoms with van der Waals surface area (Å²) in [4.78, 5) is 14.7. The van der Waals surface area contributed by atoms with Crippen molar-refractivity contribution in [3.63, 3.8) is 0 Å². The van der Waals surface area contributed by atoms with Gasteiger partial charge in [0.15, 0.2) is 5.96 Å². The van der Waals surface area contributed by atoms with E-state index in [2.05, 4.69) is 25.2 Å². The second-order valence-electron chi connectivity index (χ2n) is 4.49. The molecule has 2 heterocycles. The molecular formula is C12H20N6. The molecule has 1 saturated heterocycles. The third kappa shape index (κ3) is 3.32. The maximum atomic E-state index is 5.64. The van der Waals surface area contributed by atoms with Crippen LogP contribution in [0.1, 0.15) is 12.8 Å². The zero-order valence-electron chi connectivity index (χ0n) is 10.7. The summed E-state index contributed by atoms with van der Waals surface area (Å²) in [5.41, 5.74) is 5.64. The van der Waals surface area contributed by atoms with Gasteiger partial charge in [0.05, 0.1) is 0 Å². The third-order valence-corrected chi connectivity index (χ3v) is 3.17. The number of aromatic nitrogens is 2. The molecule has 0 bridgehead atoms. The maximum absolute atomic E-state index is 5.64. The highest BCUT2D eigenvalue weighted by atomic mass is 15.3. The molecule has 0 saturated carbocycles. The molecule has 0 aliphatic carbocycles. The van der Waals surface area contributed by atoms with Gasteiger partial charge in [-0.15, -0.1) is 0 Å². The fourth-order valence-electron chi connectivity index (χ4n) is 2.20. The number of nitrogens with zero attached hydrogens (tertiary/aromatic N) is 4. The highest BCUT2D eigenvalue weighted by molar-refractivity contribution is 5.77. The van der Waals surface area contributed by atoms with Gasteiger partial charge in [-0.3, -0.25) is 4.99 Å². The first kappa shape index (κ1) is 12.6. The number of rotatable bonds is 3. The molecule has 1 aliphatic rings. The zero-order chi connectivity index (χ0) is 12.8. The van der Waals surface area contributed by atoms with Crippen LogP contribution in [0, 0.1) is 5.92 Å². The van der Waals surface area contributed by atoms with Gasteiger partial charge in [-0.1, -0.05) is 0 Å². The Labute approximate surface area is 107 Å². The van der Waals surface area contributed by atoms with Gasteiger partial charge in [-0.25, -0.2) is 9.97 Å². The van der Waals surface area contributed by atoms with E-state index in [1.165, 1.54) is 6.42 Å². The second-order valence-corrected chi connectivity index (χ2v) is 4.49. The number of piperidine rings is 1. The molecule has 98 valence electrons. The van der Waals surface area contributed by atoms with Gasteiger partial charge in [0.2, 0.25) is 5.95 Å². The quantitative estimate of drug-likeness (QED) is 0.591. The lowest BCUT2D eigenvalue weighted by Gasteiger charge is -2.32. The second kappa shape index (κ2) is 6.18. The number of nitrogens with two attached hydrogens (primary N) is 1. The molecule has 1 aliphatic heterocycles. The van der Waals surface area contributed by atoms with Gasteiger partial charge in [0, 0.05) is 39.1 Å². The molecule has 1 fully saturated rings. The smallest absolute Gasteiger partial charge is 0.225 e. The average molecular weight is 248 g/mol. The summed E-state index contributed by atoms with van der Waals surface area (Å²) >= 11 is 0. The minimum atomic E-state index is 0.503. The molecule has 3 N–H and O–H groups in total. The van der Waals surface area contributed by atoms with E-state index < -0.39 is 0 Å². The number of aliphatic imine (C=N–C) groups is 1. The first-order valence-electron chi connectivity index (χ1n) is 6.27. The van der Waals surface area contributed by atoms with Gasteiger partial charge in [0.25, 0.3) is 0 Å². The molecule has 2 rings (SSSR count). The Kier molecular flexibility index (Phi) is 4.33. The summed E-state index contributed by atoms with van der Waals surface area (Å²) < 4.78 is 0. The lowest BCUT2D eigenvalue weighted by atomic mass is 9.98. The number of nitrogens with one attached hydrogen (secondary N) is 1. The van der Waals surface area contributed by atoms with E-state index in [0.29, 0.717) is 11.9 Å². The SMILES string of the molecule is CN=C(N)NCC1CCCN(c2ncccn2)C1. The van der Waals surface area contributed by atoms with Crippen LogP contribution < -0.4 is 16.0 Å². The Hall–Kier alpha value is -1.85. The first-order chi connectivity index (χ1) is 8.79. The van der Waals surface area contributed by atoms with Crippen LogP contribution in [0.3, 0.4) is 0 Å². The van der Waals surface area contributed by atoms with Gasteiger partial charge in [0.1, 0.15) is 0 Å². The van der Waals surface area contributed by atoms with Crippen molar-refractivity contribution >= 4 is 11.9 Å². The Morgan fingerprint density at radius 2 is 2.33 bits per heavy atom. The van der Waals surface area contributed by atoms with E-state index in [0.717, 1.165) is 32.0 Å². The highest BCUT2D eigenvalue weighted by Gasteiger charge is 2.21. The van der Waals surface area contributed by atoms with Gasteiger partial charge in [-0.2, -0.15) is 0 Å². The summed E-state index contributed by atoms with van der Waals surface area (Å²) in [7, 11) is 1.69. The van der Waals surface area contributed by atoms with Crippen molar-refractivity contribution in [3.8, 4) is 0 Å². The Morgan fingerprint density at radius 1 is 1.56 bits per heavy atom. The van der Waals surface area contributed by atoms with Crippen LogP contribution in [0.2, 0.25) is 0 Å². The summed E-state index contributed by atoms with van der Waals surface area (Å²) in [6, 6.07) is 1.84. The van der Waals surface area contributed by atoms with Crippen molar-refractivity contribution in [1.29, 1.82) is 0 Å². The summed E-state index contributed by atoms with van der Waals surface area (Å²) in [5, 5.41) is 3.13. The highest BCUT2D eigenvalue weighted by Crippen LogP contribution is 2.19. The molecule has 6 heteroatoms. The van der Waals surface area contributed by atoms with E-state index in [9.17, 15) is 0 Å². The van der Waals surface area contributed by atoms with E-state index in [1.54, 1.807) is 19.4 Å². The van der Waals surface area contributed by atoms with Crippen molar-refractivity contribution in [2.24, 2.45) is 16.6 Å². The Morgan fingerprint density at radius 3 is 3.06 bits per heavy atom. The van der Waals surface area contributed by atoms with Crippen molar-refractivity contribution in [3.05, 3.63) is 18.5 Å². The molecule has 1 unspecified atom stereocenters. The number of hydrogen-bond donors (Lipinski definition) is 2. The Balaban J connectivity index is 1.89. The predicted molar refractivity (Wildman–Crippen MR) is 72.5 cm³/mol. The molecule has 1 aromatic rings. The number of hydrogen-bond acceptors (Lipinski definition) is 4. The van der Waals surface area contributed by atoms with Crippen LogP contribution in [0.15, 0.2) is 23.5 Å². The van der Waals surface area contributed by atoms with Crippen LogP contribution in [-0.2, 0) is 0 Å². The lowest BCUT2D eigenvalue weighted by molar-refractivity contribution is 0.407.